The van der Waals surface area contributed by atoms with Crippen LogP contribution in [0.5, 0.6) is 0 Å². The maximum atomic E-state index is 12.5. The molecule has 1 aliphatic heterocycles. The van der Waals surface area contributed by atoms with Crippen LogP contribution in [0.15, 0.2) is 35.5 Å². The van der Waals surface area contributed by atoms with Gasteiger partial charge in [-0.15, -0.1) is 0 Å². The molecule has 2 aromatic heterocycles. The van der Waals surface area contributed by atoms with Crippen LogP contribution in [-0.2, 0) is 0 Å². The molecule has 0 unspecified atom stereocenters. The number of aromatic nitrogens is 3. The Bertz CT molecular complexity index is 658. The van der Waals surface area contributed by atoms with E-state index in [4.69, 9.17) is 0 Å². The zero-order valence-corrected chi connectivity index (χ0v) is 11.7. The molecule has 0 aromatic carbocycles. The zero-order valence-electron chi connectivity index (χ0n) is 11.7. The molecule has 21 heavy (non-hydrogen) atoms. The van der Waals surface area contributed by atoms with Crippen molar-refractivity contribution in [2.24, 2.45) is 0 Å². The van der Waals surface area contributed by atoms with Gasteiger partial charge in [-0.05, 0) is 13.1 Å². The number of piperazine rings is 1. The summed E-state index contributed by atoms with van der Waals surface area (Å²) in [7, 11) is 2.02. The standard InChI is InChI=1S/C14H17N5O2/c1-18-6-7-19(9-11(18)13-15-4-5-16-13)14(21)10-2-3-12(20)17-8-10/h2-5,8,11H,6-7,9H2,1H3,(H,15,16)(H,17,20)/t11-/m0/s1. The number of rotatable bonds is 2. The highest BCUT2D eigenvalue weighted by atomic mass is 16.2. The van der Waals surface area contributed by atoms with Gasteiger partial charge in [0.05, 0.1) is 11.6 Å². The first-order chi connectivity index (χ1) is 10.1. The number of H-pyrrole nitrogens is 2. The average molecular weight is 287 g/mol. The largest absolute Gasteiger partial charge is 0.347 e. The molecule has 3 rings (SSSR count). The normalized spacial score (nSPS) is 19.7. The van der Waals surface area contributed by atoms with Gasteiger partial charge in [0.1, 0.15) is 5.82 Å². The summed E-state index contributed by atoms with van der Waals surface area (Å²) in [6.07, 6.45) is 4.96. The second-order valence-electron chi connectivity index (χ2n) is 5.16. The van der Waals surface area contributed by atoms with E-state index in [1.54, 1.807) is 23.4 Å². The van der Waals surface area contributed by atoms with E-state index < -0.39 is 0 Å². The van der Waals surface area contributed by atoms with E-state index in [-0.39, 0.29) is 17.5 Å². The summed E-state index contributed by atoms with van der Waals surface area (Å²) in [6.45, 7) is 2.01. The van der Waals surface area contributed by atoms with Crippen LogP contribution >= 0.6 is 0 Å². The molecule has 1 fully saturated rings. The Morgan fingerprint density at radius 3 is 2.86 bits per heavy atom. The van der Waals surface area contributed by atoms with Crippen LogP contribution in [0.25, 0.3) is 0 Å². The van der Waals surface area contributed by atoms with Crippen LogP contribution in [-0.4, -0.2) is 57.3 Å². The van der Waals surface area contributed by atoms with E-state index in [0.717, 1.165) is 12.4 Å². The molecule has 1 saturated heterocycles. The number of nitrogens with one attached hydrogen (secondary N) is 2. The number of carbonyl (C=O) groups excluding carboxylic acids is 1. The molecule has 1 amide bonds. The topological polar surface area (TPSA) is 85.1 Å². The number of hydrogen-bond donors (Lipinski definition) is 2. The molecule has 0 spiro atoms. The summed E-state index contributed by atoms with van der Waals surface area (Å²) in [4.78, 5) is 37.5. The minimum atomic E-state index is -0.210. The van der Waals surface area contributed by atoms with Crippen molar-refractivity contribution in [2.75, 3.05) is 26.7 Å². The first-order valence-corrected chi connectivity index (χ1v) is 6.82. The SMILES string of the molecule is CN1CCN(C(=O)c2ccc(=O)[nH]c2)C[C@H]1c1ncc[nH]1. The fourth-order valence-electron chi connectivity index (χ4n) is 2.54. The molecule has 2 N–H and O–H groups in total. The number of nitrogens with zero attached hydrogens (tertiary/aromatic N) is 3. The van der Waals surface area contributed by atoms with Crippen molar-refractivity contribution in [3.63, 3.8) is 0 Å². The maximum absolute atomic E-state index is 12.5. The predicted octanol–water partition coefficient (Wildman–Crippen LogP) is 0.227. The highest BCUT2D eigenvalue weighted by Gasteiger charge is 2.30. The minimum absolute atomic E-state index is 0.0560. The van der Waals surface area contributed by atoms with Crippen molar-refractivity contribution in [3.05, 3.63) is 52.5 Å². The molecule has 0 bridgehead atoms. The van der Waals surface area contributed by atoms with Crippen molar-refractivity contribution in [2.45, 2.75) is 6.04 Å². The van der Waals surface area contributed by atoms with Gasteiger partial charge in [0.15, 0.2) is 0 Å². The lowest BCUT2D eigenvalue weighted by Gasteiger charge is -2.38. The molecular formula is C14H17N5O2. The quantitative estimate of drug-likeness (QED) is 0.828. The van der Waals surface area contributed by atoms with Crippen molar-refractivity contribution in [1.29, 1.82) is 0 Å². The fraction of sp³-hybridized carbons (Fsp3) is 0.357. The maximum Gasteiger partial charge on any atom is 0.255 e. The molecule has 1 aliphatic rings. The third-order valence-electron chi connectivity index (χ3n) is 3.80. The number of carbonyl (C=O) groups is 1. The van der Waals surface area contributed by atoms with Gasteiger partial charge in [0, 0.05) is 44.3 Å². The van der Waals surface area contributed by atoms with Gasteiger partial charge >= 0.3 is 0 Å². The number of aromatic amines is 2. The first-order valence-electron chi connectivity index (χ1n) is 6.82. The van der Waals surface area contributed by atoms with Crippen molar-refractivity contribution in [1.82, 2.24) is 24.8 Å². The van der Waals surface area contributed by atoms with Crippen molar-refractivity contribution < 1.29 is 4.79 Å². The van der Waals surface area contributed by atoms with Crippen LogP contribution in [0.2, 0.25) is 0 Å². The van der Waals surface area contributed by atoms with E-state index in [9.17, 15) is 9.59 Å². The lowest BCUT2D eigenvalue weighted by Crippen LogP contribution is -2.49. The Morgan fingerprint density at radius 2 is 2.19 bits per heavy atom. The molecular weight excluding hydrogens is 270 g/mol. The molecule has 0 aliphatic carbocycles. The van der Waals surface area contributed by atoms with Crippen LogP contribution < -0.4 is 5.56 Å². The summed E-state index contributed by atoms with van der Waals surface area (Å²) in [5, 5.41) is 0. The Balaban J connectivity index is 1.78. The van der Waals surface area contributed by atoms with E-state index in [1.807, 2.05) is 7.05 Å². The van der Waals surface area contributed by atoms with Crippen molar-refractivity contribution in [3.8, 4) is 0 Å². The minimum Gasteiger partial charge on any atom is -0.347 e. The highest BCUT2D eigenvalue weighted by Crippen LogP contribution is 2.22. The van der Waals surface area contributed by atoms with Gasteiger partial charge in [0.25, 0.3) is 5.91 Å². The van der Waals surface area contributed by atoms with Gasteiger partial charge < -0.3 is 14.9 Å². The summed E-state index contributed by atoms with van der Waals surface area (Å²) in [5.41, 5.74) is 0.288. The third kappa shape index (κ3) is 2.73. The Labute approximate surface area is 121 Å². The van der Waals surface area contributed by atoms with Crippen LogP contribution in [0.4, 0.5) is 0 Å². The molecule has 2 aromatic rings. The van der Waals surface area contributed by atoms with E-state index >= 15 is 0 Å². The van der Waals surface area contributed by atoms with Crippen molar-refractivity contribution >= 4 is 5.91 Å². The summed E-state index contributed by atoms with van der Waals surface area (Å²) >= 11 is 0. The molecule has 0 radical (unpaired) electrons. The Kier molecular flexibility index (Phi) is 3.57. The number of amides is 1. The third-order valence-corrected chi connectivity index (χ3v) is 3.80. The van der Waals surface area contributed by atoms with E-state index in [0.29, 0.717) is 18.7 Å². The fourth-order valence-corrected chi connectivity index (χ4v) is 2.54. The van der Waals surface area contributed by atoms with Gasteiger partial charge in [-0.25, -0.2) is 4.98 Å². The second kappa shape index (κ2) is 5.53. The highest BCUT2D eigenvalue weighted by molar-refractivity contribution is 5.94. The van der Waals surface area contributed by atoms with E-state index in [1.165, 1.54) is 12.3 Å². The lowest BCUT2D eigenvalue weighted by molar-refractivity contribution is 0.0534. The predicted molar refractivity (Wildman–Crippen MR) is 76.9 cm³/mol. The smallest absolute Gasteiger partial charge is 0.255 e. The Hall–Kier alpha value is -2.41. The van der Waals surface area contributed by atoms with Gasteiger partial charge in [0.2, 0.25) is 5.56 Å². The average Bonchev–Trinajstić information content (AvgIpc) is 3.02. The number of hydrogen-bond acceptors (Lipinski definition) is 4. The molecule has 7 heteroatoms. The Morgan fingerprint density at radius 1 is 1.33 bits per heavy atom. The van der Waals surface area contributed by atoms with Crippen LogP contribution in [0.1, 0.15) is 22.2 Å². The molecule has 110 valence electrons. The number of imidazole rings is 1. The lowest BCUT2D eigenvalue weighted by atomic mass is 10.1. The molecule has 7 nitrogen and oxygen atoms in total. The first kappa shape index (κ1) is 13.6. The number of pyridine rings is 1. The molecule has 1 atom stereocenters. The molecule has 3 heterocycles. The van der Waals surface area contributed by atoms with Crippen LogP contribution in [0.3, 0.4) is 0 Å². The van der Waals surface area contributed by atoms with Gasteiger partial charge in [-0.1, -0.05) is 0 Å². The zero-order chi connectivity index (χ0) is 14.8. The van der Waals surface area contributed by atoms with Gasteiger partial charge in [-0.3, -0.25) is 14.5 Å². The van der Waals surface area contributed by atoms with Gasteiger partial charge in [-0.2, -0.15) is 0 Å². The summed E-state index contributed by atoms with van der Waals surface area (Å²) in [5.74, 6) is 0.785. The van der Waals surface area contributed by atoms with E-state index in [2.05, 4.69) is 19.9 Å². The second-order valence-corrected chi connectivity index (χ2v) is 5.16. The molecule has 0 saturated carbocycles. The summed E-state index contributed by atoms with van der Waals surface area (Å²) in [6, 6.07) is 2.98. The summed E-state index contributed by atoms with van der Waals surface area (Å²) < 4.78 is 0. The monoisotopic (exact) mass is 287 g/mol. The number of likely N-dealkylation sites (N-methyl/N-ethyl adjacent to an activating group) is 1. The van der Waals surface area contributed by atoms with Crippen LogP contribution in [0, 0.1) is 0 Å².